The van der Waals surface area contributed by atoms with Gasteiger partial charge in [-0.15, -0.1) is 0 Å². The Labute approximate surface area is 251 Å². The SMILES string of the molecule is Cc1cc2nc(N3CCN(c4ccc5c(cnn5C)c4)C3=O)sc2c(-c2ccc(Cl)cc2)c1C(OC(C)(C)C)C(=O)O. The molecule has 0 saturated carbocycles. The Morgan fingerprint density at radius 1 is 1.10 bits per heavy atom. The molecule has 1 saturated heterocycles. The van der Waals surface area contributed by atoms with E-state index in [2.05, 4.69) is 5.10 Å². The normalized spacial score (nSPS) is 14.9. The first-order valence-corrected chi connectivity index (χ1v) is 14.7. The first-order valence-electron chi connectivity index (χ1n) is 13.5. The van der Waals surface area contributed by atoms with Crippen molar-refractivity contribution in [2.75, 3.05) is 22.9 Å². The number of aromatic nitrogens is 3. The van der Waals surface area contributed by atoms with Crippen molar-refractivity contribution in [1.82, 2.24) is 14.8 Å². The molecule has 1 aliphatic rings. The Kier molecular flexibility index (Phi) is 6.95. The van der Waals surface area contributed by atoms with Crippen LogP contribution in [0.3, 0.4) is 0 Å². The summed E-state index contributed by atoms with van der Waals surface area (Å²) in [7, 11) is 1.89. The summed E-state index contributed by atoms with van der Waals surface area (Å²) in [5.74, 6) is -1.08. The number of thiazole rings is 1. The lowest BCUT2D eigenvalue weighted by molar-refractivity contribution is -0.160. The number of aliphatic carboxylic acids is 1. The average molecular weight is 604 g/mol. The molecule has 1 unspecified atom stereocenters. The van der Waals surface area contributed by atoms with Crippen molar-refractivity contribution in [2.24, 2.45) is 7.05 Å². The Bertz CT molecular complexity index is 1860. The molecule has 3 aromatic carbocycles. The minimum atomic E-state index is -1.21. The Balaban J connectivity index is 1.45. The number of carboxylic acids is 1. The number of hydrogen-bond donors (Lipinski definition) is 1. The van der Waals surface area contributed by atoms with Crippen LogP contribution in [0, 0.1) is 6.92 Å². The van der Waals surface area contributed by atoms with Gasteiger partial charge in [-0.1, -0.05) is 35.1 Å². The number of urea groups is 1. The molecule has 3 heterocycles. The monoisotopic (exact) mass is 603 g/mol. The van der Waals surface area contributed by atoms with Crippen molar-refractivity contribution in [2.45, 2.75) is 39.4 Å². The fourth-order valence-electron chi connectivity index (χ4n) is 5.42. The predicted molar refractivity (Wildman–Crippen MR) is 167 cm³/mol. The van der Waals surface area contributed by atoms with Crippen molar-refractivity contribution < 1.29 is 19.4 Å². The number of rotatable bonds is 6. The lowest BCUT2D eigenvalue weighted by Gasteiger charge is -2.28. The van der Waals surface area contributed by atoms with E-state index in [0.29, 0.717) is 39.9 Å². The highest BCUT2D eigenvalue weighted by molar-refractivity contribution is 7.23. The first kappa shape index (κ1) is 28.1. The standard InChI is InChI=1S/C31H30ClN5O4S/c1-17-14-22-27(25(18-6-8-20(32)9-7-18)24(17)26(28(38)39)41-31(2,3)4)42-29(34-22)37-13-12-36(30(37)40)21-10-11-23-19(15-21)16-33-35(23)5/h6-11,14-16,26H,12-13H2,1-5H3,(H,38,39). The molecule has 0 aliphatic carbocycles. The number of carboxylic acid groups (broad SMARTS) is 1. The fourth-order valence-corrected chi connectivity index (χ4v) is 6.69. The number of benzene rings is 3. The summed E-state index contributed by atoms with van der Waals surface area (Å²) >= 11 is 7.58. The van der Waals surface area contributed by atoms with E-state index in [0.717, 1.165) is 32.4 Å². The van der Waals surface area contributed by atoms with Gasteiger partial charge < -0.3 is 9.84 Å². The maximum absolute atomic E-state index is 13.7. The van der Waals surface area contributed by atoms with Gasteiger partial charge in [0, 0.05) is 47.4 Å². The van der Waals surface area contributed by atoms with Crippen LogP contribution in [-0.2, 0) is 16.6 Å². The zero-order valence-corrected chi connectivity index (χ0v) is 25.5. The molecule has 11 heteroatoms. The number of hydrogen-bond acceptors (Lipinski definition) is 6. The van der Waals surface area contributed by atoms with E-state index in [9.17, 15) is 14.7 Å². The lowest BCUT2D eigenvalue weighted by Crippen LogP contribution is -2.31. The van der Waals surface area contributed by atoms with Gasteiger partial charge in [-0.2, -0.15) is 5.10 Å². The van der Waals surface area contributed by atoms with Crippen LogP contribution in [0.2, 0.25) is 5.02 Å². The predicted octanol–water partition coefficient (Wildman–Crippen LogP) is 7.20. The van der Waals surface area contributed by atoms with Crippen LogP contribution in [0.25, 0.3) is 32.2 Å². The maximum Gasteiger partial charge on any atom is 0.337 e. The average Bonchev–Trinajstić information content (AvgIpc) is 3.63. The highest BCUT2D eigenvalue weighted by atomic mass is 35.5. The number of aryl methyl sites for hydroxylation is 2. The maximum atomic E-state index is 13.7. The third kappa shape index (κ3) is 4.99. The summed E-state index contributed by atoms with van der Waals surface area (Å²) in [6.45, 7) is 8.35. The Hall–Kier alpha value is -3.99. The van der Waals surface area contributed by atoms with Crippen LogP contribution in [-0.4, -0.2) is 50.6 Å². The van der Waals surface area contributed by atoms with Gasteiger partial charge in [0.2, 0.25) is 0 Å². The molecule has 1 aliphatic heterocycles. The summed E-state index contributed by atoms with van der Waals surface area (Å²) in [6, 6.07) is 14.9. The van der Waals surface area contributed by atoms with E-state index in [1.165, 1.54) is 11.3 Å². The van der Waals surface area contributed by atoms with Crippen LogP contribution in [0.5, 0.6) is 0 Å². The van der Waals surface area contributed by atoms with Crippen LogP contribution < -0.4 is 9.80 Å². The van der Waals surface area contributed by atoms with Gasteiger partial charge in [0.15, 0.2) is 11.2 Å². The van der Waals surface area contributed by atoms with Crippen LogP contribution >= 0.6 is 22.9 Å². The van der Waals surface area contributed by atoms with Crippen LogP contribution in [0.4, 0.5) is 15.6 Å². The minimum absolute atomic E-state index is 0.165. The third-order valence-electron chi connectivity index (χ3n) is 7.29. The highest BCUT2D eigenvalue weighted by Crippen LogP contribution is 2.45. The van der Waals surface area contributed by atoms with Crippen molar-refractivity contribution >= 4 is 66.9 Å². The molecular weight excluding hydrogens is 574 g/mol. The van der Waals surface area contributed by atoms with Gasteiger partial charge in [0.25, 0.3) is 0 Å². The summed E-state index contributed by atoms with van der Waals surface area (Å²) in [4.78, 5) is 34.6. The second-order valence-corrected chi connectivity index (χ2v) is 12.8. The van der Waals surface area contributed by atoms with Crippen molar-refractivity contribution in [3.8, 4) is 11.1 Å². The number of anilines is 2. The topological polar surface area (TPSA) is 101 Å². The molecule has 2 aromatic heterocycles. The number of carbonyl (C=O) groups excluding carboxylic acids is 1. The molecule has 2 amide bonds. The number of nitrogens with zero attached hydrogens (tertiary/aromatic N) is 5. The van der Waals surface area contributed by atoms with Crippen molar-refractivity contribution in [3.05, 3.63) is 70.9 Å². The van der Waals surface area contributed by atoms with E-state index < -0.39 is 17.7 Å². The number of fused-ring (bicyclic) bond motifs is 2. The fraction of sp³-hybridized carbons (Fsp3) is 0.290. The molecular formula is C31H30ClN5O4S. The molecule has 0 bridgehead atoms. The Morgan fingerprint density at radius 3 is 2.50 bits per heavy atom. The van der Waals surface area contributed by atoms with Gasteiger partial charge in [0.05, 0.1) is 27.5 Å². The second kappa shape index (κ2) is 10.4. The summed E-state index contributed by atoms with van der Waals surface area (Å²) in [5, 5.41) is 16.7. The summed E-state index contributed by atoms with van der Waals surface area (Å²) < 4.78 is 8.68. The van der Waals surface area contributed by atoms with Crippen LogP contribution in [0.15, 0.2) is 54.7 Å². The first-order chi connectivity index (χ1) is 19.9. The van der Waals surface area contributed by atoms with Gasteiger partial charge in [-0.25, -0.2) is 14.6 Å². The van der Waals surface area contributed by atoms with Crippen molar-refractivity contribution in [1.29, 1.82) is 0 Å². The van der Waals surface area contributed by atoms with E-state index in [1.807, 2.05) is 71.1 Å². The molecule has 5 aromatic rings. The van der Waals surface area contributed by atoms with E-state index >= 15 is 0 Å². The van der Waals surface area contributed by atoms with E-state index in [4.69, 9.17) is 21.3 Å². The summed E-state index contributed by atoms with van der Waals surface area (Å²) in [6.07, 6.45) is 0.577. The minimum Gasteiger partial charge on any atom is -0.479 e. The molecule has 1 N–H and O–H groups in total. The number of halogens is 1. The number of ether oxygens (including phenoxy) is 1. The quantitative estimate of drug-likeness (QED) is 0.220. The van der Waals surface area contributed by atoms with Crippen molar-refractivity contribution in [3.63, 3.8) is 0 Å². The highest BCUT2D eigenvalue weighted by Gasteiger charge is 2.35. The van der Waals surface area contributed by atoms with Gasteiger partial charge >= 0.3 is 12.0 Å². The number of amides is 2. The summed E-state index contributed by atoms with van der Waals surface area (Å²) in [5.41, 5.74) is 4.57. The van der Waals surface area contributed by atoms with Gasteiger partial charge in [-0.05, 0) is 75.2 Å². The molecule has 216 valence electrons. The Morgan fingerprint density at radius 2 is 1.81 bits per heavy atom. The largest absolute Gasteiger partial charge is 0.479 e. The van der Waals surface area contributed by atoms with Crippen LogP contribution in [0.1, 0.15) is 38.0 Å². The molecule has 42 heavy (non-hydrogen) atoms. The molecule has 1 fully saturated rings. The zero-order chi connectivity index (χ0) is 29.9. The number of carbonyl (C=O) groups is 2. The lowest BCUT2D eigenvalue weighted by atomic mass is 9.91. The third-order valence-corrected chi connectivity index (χ3v) is 8.65. The van der Waals surface area contributed by atoms with Gasteiger partial charge in [0.1, 0.15) is 0 Å². The molecule has 1 atom stereocenters. The van der Waals surface area contributed by atoms with Gasteiger partial charge in [-0.3, -0.25) is 14.5 Å². The van der Waals surface area contributed by atoms with E-state index in [1.54, 1.807) is 32.8 Å². The molecule has 0 radical (unpaired) electrons. The molecule has 6 rings (SSSR count). The zero-order valence-electron chi connectivity index (χ0n) is 23.9. The smallest absolute Gasteiger partial charge is 0.337 e. The molecule has 9 nitrogen and oxygen atoms in total. The van der Waals surface area contributed by atoms with E-state index in [-0.39, 0.29) is 6.03 Å². The molecule has 0 spiro atoms. The second-order valence-electron chi connectivity index (χ2n) is 11.4.